The molecular formula is C45H52BrClN12O6S. The minimum Gasteiger partial charge on any atom is -0.494 e. The number of halogens is 2. The van der Waals surface area contributed by atoms with Crippen LogP contribution in [0.15, 0.2) is 65.5 Å². The number of methoxy groups -OCH3 is 1. The molecule has 4 aliphatic rings. The van der Waals surface area contributed by atoms with Crippen molar-refractivity contribution in [1.82, 2.24) is 35.1 Å². The molecule has 348 valence electrons. The van der Waals surface area contributed by atoms with Gasteiger partial charge in [-0.2, -0.15) is 4.98 Å². The van der Waals surface area contributed by atoms with Crippen molar-refractivity contribution in [3.63, 3.8) is 0 Å². The zero-order chi connectivity index (χ0) is 45.4. The lowest BCUT2D eigenvalue weighted by Crippen LogP contribution is -2.52. The Bertz CT molecular complexity index is 2790. The lowest BCUT2D eigenvalue weighted by Gasteiger charge is -2.40. The smallest absolute Gasteiger partial charge is 0.255 e. The highest BCUT2D eigenvalue weighted by Crippen LogP contribution is 2.38. The molecule has 5 aromatic rings. The maximum Gasteiger partial charge on any atom is 0.255 e. The number of hydrogen-bond acceptors (Lipinski definition) is 15. The van der Waals surface area contributed by atoms with Crippen LogP contribution in [-0.2, 0) is 32.6 Å². The van der Waals surface area contributed by atoms with Crippen LogP contribution in [0, 0.1) is 5.92 Å². The first-order chi connectivity index (χ1) is 31.3. The molecule has 0 saturated carbocycles. The fourth-order valence-electron chi connectivity index (χ4n) is 9.32. The Morgan fingerprint density at radius 2 is 1.67 bits per heavy atom. The predicted molar refractivity (Wildman–Crippen MR) is 260 cm³/mol. The highest BCUT2D eigenvalue weighted by Gasteiger charge is 2.39. The molecule has 0 spiro atoms. The van der Waals surface area contributed by atoms with Gasteiger partial charge in [-0.3, -0.25) is 39.3 Å². The van der Waals surface area contributed by atoms with Gasteiger partial charge in [0.15, 0.2) is 0 Å². The van der Waals surface area contributed by atoms with Crippen molar-refractivity contribution < 1.29 is 27.5 Å². The molecule has 3 saturated heterocycles. The third kappa shape index (κ3) is 9.96. The maximum absolute atomic E-state index is 13.2. The number of piperazine rings is 1. The van der Waals surface area contributed by atoms with Crippen molar-refractivity contribution in [2.75, 3.05) is 84.3 Å². The number of nitrogens with one attached hydrogen (secondary N) is 4. The summed E-state index contributed by atoms with van der Waals surface area (Å²) < 4.78 is 33.8. The SMILES string of the molecule is CCc1cc(Nc2ncc(Br)c(Nc3ccc4nccnc4c3NS(C)(=O)=O)n2)c(OC)cc1N1CCN(CC2CCN(c3ccc4c(c3)CN(C3CCC(=O)NC3=O)C4=O)CC2)CC1.Cl. The highest BCUT2D eigenvalue weighted by atomic mass is 79.9. The lowest BCUT2D eigenvalue weighted by atomic mass is 9.95. The molecule has 3 fully saturated rings. The molecule has 3 amide bonds. The standard InChI is InChI=1S/C45H51BrN12O6S.ClH/c1-4-28-22-35(51-45-49-24-32(46)42(53-45)50-34-8-7-33-40(48-14-13-47-33)41(34)54-65(3,62)63)38(64-2)23-37(28)57-19-17-55(18-20-57)25-27-11-15-56(16-12-27)30-5-6-31-29(21-30)26-58(44(31)61)36-9-10-39(59)52-43(36)60;/h5-8,13-14,21-24,27,36,54H,4,9-12,15-20,25-26H2,1-3H3,(H,52,59,60)(H2,49,50,51,53);1H. The molecule has 4 aliphatic heterocycles. The zero-order valence-corrected chi connectivity index (χ0v) is 40.1. The van der Waals surface area contributed by atoms with Gasteiger partial charge in [-0.1, -0.05) is 6.92 Å². The Kier molecular flexibility index (Phi) is 13.8. The monoisotopic (exact) mass is 1000 g/mol. The van der Waals surface area contributed by atoms with E-state index in [0.717, 1.165) is 93.8 Å². The van der Waals surface area contributed by atoms with Crippen molar-refractivity contribution in [3.8, 4) is 5.75 Å². The predicted octanol–water partition coefficient (Wildman–Crippen LogP) is 5.83. The van der Waals surface area contributed by atoms with Gasteiger partial charge in [0.2, 0.25) is 27.8 Å². The molecule has 3 aromatic carbocycles. The van der Waals surface area contributed by atoms with Crippen LogP contribution < -0.4 is 35.2 Å². The van der Waals surface area contributed by atoms with Crippen LogP contribution in [0.2, 0.25) is 0 Å². The van der Waals surface area contributed by atoms with E-state index >= 15 is 0 Å². The number of piperidine rings is 2. The molecule has 9 rings (SSSR count). The van der Waals surface area contributed by atoms with Gasteiger partial charge in [0, 0.05) is 100 Å². The van der Waals surface area contributed by atoms with E-state index < -0.39 is 22.0 Å². The molecule has 18 nitrogen and oxygen atoms in total. The third-order valence-electron chi connectivity index (χ3n) is 12.7. The quantitative estimate of drug-likeness (QED) is 0.102. The van der Waals surface area contributed by atoms with E-state index in [-0.39, 0.29) is 36.3 Å². The Labute approximate surface area is 397 Å². The van der Waals surface area contributed by atoms with Crippen LogP contribution in [0.5, 0.6) is 5.75 Å². The number of carbonyl (C=O) groups is 3. The zero-order valence-electron chi connectivity index (χ0n) is 36.8. The summed E-state index contributed by atoms with van der Waals surface area (Å²) >= 11 is 3.54. The van der Waals surface area contributed by atoms with E-state index in [1.54, 1.807) is 36.5 Å². The largest absolute Gasteiger partial charge is 0.494 e. The fraction of sp³-hybridized carbons (Fsp3) is 0.400. The minimum absolute atomic E-state index is 0. The number of ether oxygens (including phenoxy) is 1. The number of imide groups is 1. The molecular weight excluding hydrogens is 952 g/mol. The summed E-state index contributed by atoms with van der Waals surface area (Å²) in [5.74, 6) is 1.14. The van der Waals surface area contributed by atoms with Crippen molar-refractivity contribution in [2.45, 2.75) is 51.6 Å². The van der Waals surface area contributed by atoms with E-state index in [2.05, 4.69) is 91.4 Å². The molecule has 1 atom stereocenters. The normalized spacial score (nSPS) is 18.2. The van der Waals surface area contributed by atoms with Crippen LogP contribution in [0.1, 0.15) is 54.1 Å². The van der Waals surface area contributed by atoms with E-state index in [0.29, 0.717) is 68.8 Å². The highest BCUT2D eigenvalue weighted by molar-refractivity contribution is 9.10. The lowest BCUT2D eigenvalue weighted by molar-refractivity contribution is -0.136. The number of benzene rings is 3. The first-order valence-electron chi connectivity index (χ1n) is 21.8. The first kappa shape index (κ1) is 46.7. The van der Waals surface area contributed by atoms with Gasteiger partial charge < -0.3 is 30.1 Å². The number of amides is 3. The molecule has 0 bridgehead atoms. The number of aryl methyl sites for hydroxylation is 1. The molecule has 0 aliphatic carbocycles. The number of aromatic nitrogens is 4. The minimum atomic E-state index is -3.65. The Hall–Kier alpha value is -5.83. The van der Waals surface area contributed by atoms with E-state index in [1.165, 1.54) is 6.20 Å². The number of carbonyl (C=O) groups excluding carboxylic acids is 3. The van der Waals surface area contributed by atoms with Gasteiger partial charge >= 0.3 is 0 Å². The maximum atomic E-state index is 13.2. The van der Waals surface area contributed by atoms with Gasteiger partial charge in [-0.05, 0) is 95.1 Å². The van der Waals surface area contributed by atoms with Crippen molar-refractivity contribution >= 4 is 107 Å². The topological polar surface area (TPSA) is 207 Å². The Morgan fingerprint density at radius 1 is 0.894 bits per heavy atom. The van der Waals surface area contributed by atoms with E-state index in [4.69, 9.17) is 9.72 Å². The fourth-order valence-corrected chi connectivity index (χ4v) is 10.2. The summed E-state index contributed by atoms with van der Waals surface area (Å²) in [6.45, 7) is 9.19. The molecule has 2 aromatic heterocycles. The average molecular weight is 1000 g/mol. The number of anilines is 7. The summed E-state index contributed by atoms with van der Waals surface area (Å²) in [4.78, 5) is 64.4. The second-order valence-corrected chi connectivity index (χ2v) is 19.5. The van der Waals surface area contributed by atoms with Gasteiger partial charge in [0.25, 0.3) is 5.91 Å². The van der Waals surface area contributed by atoms with Crippen molar-refractivity contribution in [3.05, 3.63) is 82.2 Å². The van der Waals surface area contributed by atoms with E-state index in [1.807, 2.05) is 12.1 Å². The number of hydrogen-bond donors (Lipinski definition) is 4. The molecule has 0 radical (unpaired) electrons. The second kappa shape index (κ2) is 19.6. The van der Waals surface area contributed by atoms with Crippen molar-refractivity contribution in [1.29, 1.82) is 0 Å². The number of rotatable bonds is 13. The van der Waals surface area contributed by atoms with Crippen LogP contribution >= 0.6 is 28.3 Å². The van der Waals surface area contributed by atoms with Crippen LogP contribution in [0.3, 0.4) is 0 Å². The summed E-state index contributed by atoms with van der Waals surface area (Å²) in [5.41, 5.74) is 7.31. The third-order valence-corrected chi connectivity index (χ3v) is 13.8. The van der Waals surface area contributed by atoms with Crippen LogP contribution in [0.4, 0.5) is 40.2 Å². The summed E-state index contributed by atoms with van der Waals surface area (Å²) in [6.07, 6.45) is 9.33. The second-order valence-electron chi connectivity index (χ2n) is 16.9. The van der Waals surface area contributed by atoms with Gasteiger partial charge in [-0.25, -0.2) is 13.4 Å². The molecule has 66 heavy (non-hydrogen) atoms. The summed E-state index contributed by atoms with van der Waals surface area (Å²) in [6, 6.07) is 13.1. The number of fused-ring (bicyclic) bond motifs is 2. The molecule has 1 unspecified atom stereocenters. The molecule has 4 N–H and O–H groups in total. The van der Waals surface area contributed by atoms with Gasteiger partial charge in [-0.15, -0.1) is 12.4 Å². The number of sulfonamides is 1. The first-order valence-corrected chi connectivity index (χ1v) is 24.5. The van der Waals surface area contributed by atoms with Crippen LogP contribution in [0.25, 0.3) is 11.0 Å². The Morgan fingerprint density at radius 3 is 2.39 bits per heavy atom. The molecule has 6 heterocycles. The summed E-state index contributed by atoms with van der Waals surface area (Å²) in [5, 5.41) is 8.97. The summed E-state index contributed by atoms with van der Waals surface area (Å²) in [7, 11) is -2.00. The Balaban J connectivity index is 0.00000592. The molecule has 21 heteroatoms. The number of nitrogens with zero attached hydrogens (tertiary/aromatic N) is 8. The van der Waals surface area contributed by atoms with Gasteiger partial charge in [0.1, 0.15) is 23.1 Å². The van der Waals surface area contributed by atoms with Crippen LogP contribution in [-0.4, -0.2) is 121 Å². The van der Waals surface area contributed by atoms with Crippen molar-refractivity contribution in [2.24, 2.45) is 5.92 Å². The van der Waals surface area contributed by atoms with E-state index in [9.17, 15) is 22.8 Å². The van der Waals surface area contributed by atoms with Gasteiger partial charge in [0.05, 0.1) is 40.4 Å². The average Bonchev–Trinajstić information content (AvgIpc) is 3.62.